The van der Waals surface area contributed by atoms with Crippen LogP contribution in [0.15, 0.2) is 23.3 Å². The molecule has 0 aromatic carbocycles. The predicted molar refractivity (Wildman–Crippen MR) is 69.0 cm³/mol. The minimum atomic E-state index is 0.758. The summed E-state index contributed by atoms with van der Waals surface area (Å²) >= 11 is 0. The lowest BCUT2D eigenvalue weighted by Gasteiger charge is -2.10. The SMILES string of the molecule is CC1=CC(C)CCCCCCCC(C)=C1. The van der Waals surface area contributed by atoms with Gasteiger partial charge in [-0.1, -0.05) is 55.9 Å². The molecule has 86 valence electrons. The van der Waals surface area contributed by atoms with Gasteiger partial charge in [0.05, 0.1) is 0 Å². The third-order valence-electron chi connectivity index (χ3n) is 3.25. The van der Waals surface area contributed by atoms with Gasteiger partial charge >= 0.3 is 0 Å². The van der Waals surface area contributed by atoms with E-state index in [1.54, 1.807) is 5.57 Å². The minimum Gasteiger partial charge on any atom is -0.0788 e. The summed E-state index contributed by atoms with van der Waals surface area (Å²) in [6, 6.07) is 0. The Morgan fingerprint density at radius 3 is 2.47 bits per heavy atom. The summed E-state index contributed by atoms with van der Waals surface area (Å²) in [5.41, 5.74) is 3.01. The highest BCUT2D eigenvalue weighted by molar-refractivity contribution is 5.21. The van der Waals surface area contributed by atoms with E-state index in [2.05, 4.69) is 32.9 Å². The second-order valence-electron chi connectivity index (χ2n) is 5.19. The van der Waals surface area contributed by atoms with Crippen molar-refractivity contribution in [3.8, 4) is 0 Å². The van der Waals surface area contributed by atoms with E-state index in [0.29, 0.717) is 0 Å². The van der Waals surface area contributed by atoms with Gasteiger partial charge in [0.15, 0.2) is 0 Å². The van der Waals surface area contributed by atoms with E-state index in [4.69, 9.17) is 0 Å². The highest BCUT2D eigenvalue weighted by Crippen LogP contribution is 2.18. The van der Waals surface area contributed by atoms with Crippen molar-refractivity contribution in [3.05, 3.63) is 23.3 Å². The molecule has 0 radical (unpaired) electrons. The van der Waals surface area contributed by atoms with Crippen molar-refractivity contribution in [2.24, 2.45) is 5.92 Å². The van der Waals surface area contributed by atoms with E-state index in [-0.39, 0.29) is 0 Å². The molecular formula is C15H26. The highest BCUT2D eigenvalue weighted by atomic mass is 14.1. The molecule has 1 aliphatic rings. The maximum absolute atomic E-state index is 2.44. The molecule has 1 rings (SSSR count). The van der Waals surface area contributed by atoms with Gasteiger partial charge in [0.1, 0.15) is 0 Å². The number of hydrogen-bond donors (Lipinski definition) is 0. The molecule has 0 N–H and O–H groups in total. The zero-order chi connectivity index (χ0) is 11.1. The van der Waals surface area contributed by atoms with Crippen LogP contribution in [0, 0.1) is 5.92 Å². The summed E-state index contributed by atoms with van der Waals surface area (Å²) in [6.07, 6.45) is 14.5. The lowest BCUT2D eigenvalue weighted by molar-refractivity contribution is 0.542. The zero-order valence-corrected chi connectivity index (χ0v) is 10.7. The molecule has 0 heteroatoms. The van der Waals surface area contributed by atoms with Crippen LogP contribution in [-0.2, 0) is 0 Å². The Morgan fingerprint density at radius 1 is 1.00 bits per heavy atom. The molecule has 1 atom stereocenters. The second kappa shape index (κ2) is 6.87. The molecule has 0 aromatic heterocycles. The first-order valence-corrected chi connectivity index (χ1v) is 6.54. The summed E-state index contributed by atoms with van der Waals surface area (Å²) in [4.78, 5) is 0. The molecule has 0 fully saturated rings. The van der Waals surface area contributed by atoms with Crippen LogP contribution in [0.2, 0.25) is 0 Å². The summed E-state index contributed by atoms with van der Waals surface area (Å²) in [7, 11) is 0. The van der Waals surface area contributed by atoms with Gasteiger partial charge in [-0.2, -0.15) is 0 Å². The standard InChI is InChI=1S/C15H26/c1-13-9-7-5-4-6-8-10-14(2)12-15(3)11-13/h11-13H,4-10H2,1-3H3. The first-order valence-electron chi connectivity index (χ1n) is 6.54. The van der Waals surface area contributed by atoms with E-state index < -0.39 is 0 Å². The van der Waals surface area contributed by atoms with Gasteiger partial charge in [-0.25, -0.2) is 0 Å². The molecule has 1 aliphatic carbocycles. The van der Waals surface area contributed by atoms with Crippen molar-refractivity contribution in [2.45, 2.75) is 65.7 Å². The maximum atomic E-state index is 2.44. The molecule has 0 nitrogen and oxygen atoms in total. The quantitative estimate of drug-likeness (QED) is 0.507. The van der Waals surface area contributed by atoms with Crippen LogP contribution in [-0.4, -0.2) is 0 Å². The third kappa shape index (κ3) is 5.81. The van der Waals surface area contributed by atoms with Crippen LogP contribution in [0.25, 0.3) is 0 Å². The third-order valence-corrected chi connectivity index (χ3v) is 3.25. The van der Waals surface area contributed by atoms with Crippen molar-refractivity contribution in [1.82, 2.24) is 0 Å². The Hall–Kier alpha value is -0.520. The Kier molecular flexibility index (Phi) is 5.75. The van der Waals surface area contributed by atoms with Gasteiger partial charge < -0.3 is 0 Å². The zero-order valence-electron chi connectivity index (χ0n) is 10.7. The number of hydrogen-bond acceptors (Lipinski definition) is 0. The van der Waals surface area contributed by atoms with Crippen molar-refractivity contribution >= 4 is 0 Å². The van der Waals surface area contributed by atoms with Gasteiger partial charge in [-0.3, -0.25) is 0 Å². The number of allylic oxidation sites excluding steroid dienone is 4. The van der Waals surface area contributed by atoms with Crippen molar-refractivity contribution in [3.63, 3.8) is 0 Å². The van der Waals surface area contributed by atoms with E-state index in [0.717, 1.165) is 5.92 Å². The fourth-order valence-electron chi connectivity index (χ4n) is 2.44. The van der Waals surface area contributed by atoms with Crippen LogP contribution in [0.4, 0.5) is 0 Å². The fraction of sp³-hybridized carbons (Fsp3) is 0.733. The lowest BCUT2D eigenvalue weighted by Crippen LogP contribution is -1.93. The van der Waals surface area contributed by atoms with Crippen LogP contribution >= 0.6 is 0 Å². The molecule has 0 aromatic rings. The Morgan fingerprint density at radius 2 is 1.67 bits per heavy atom. The highest BCUT2D eigenvalue weighted by Gasteiger charge is 2.01. The van der Waals surface area contributed by atoms with Crippen LogP contribution < -0.4 is 0 Å². The summed E-state index contributed by atoms with van der Waals surface area (Å²) in [5, 5.41) is 0. The van der Waals surface area contributed by atoms with Gasteiger partial charge in [-0.15, -0.1) is 0 Å². The summed E-state index contributed by atoms with van der Waals surface area (Å²) in [6.45, 7) is 6.86. The van der Waals surface area contributed by atoms with Crippen LogP contribution in [0.3, 0.4) is 0 Å². The van der Waals surface area contributed by atoms with Crippen LogP contribution in [0.5, 0.6) is 0 Å². The van der Waals surface area contributed by atoms with Gasteiger partial charge in [0.2, 0.25) is 0 Å². The summed E-state index contributed by atoms with van der Waals surface area (Å²) in [5.74, 6) is 0.758. The fourth-order valence-corrected chi connectivity index (χ4v) is 2.44. The monoisotopic (exact) mass is 206 g/mol. The molecular weight excluding hydrogens is 180 g/mol. The van der Waals surface area contributed by atoms with Crippen molar-refractivity contribution < 1.29 is 0 Å². The van der Waals surface area contributed by atoms with E-state index >= 15 is 0 Å². The molecule has 0 amide bonds. The Labute approximate surface area is 95.5 Å². The van der Waals surface area contributed by atoms with Gasteiger partial charge in [0, 0.05) is 0 Å². The second-order valence-corrected chi connectivity index (χ2v) is 5.19. The average molecular weight is 206 g/mol. The molecule has 15 heavy (non-hydrogen) atoms. The topological polar surface area (TPSA) is 0 Å². The van der Waals surface area contributed by atoms with Crippen LogP contribution in [0.1, 0.15) is 65.7 Å². The Balaban J connectivity index is 2.60. The molecule has 0 heterocycles. The normalized spacial score (nSPS) is 25.9. The summed E-state index contributed by atoms with van der Waals surface area (Å²) < 4.78 is 0. The van der Waals surface area contributed by atoms with E-state index in [1.807, 2.05) is 0 Å². The molecule has 0 saturated carbocycles. The van der Waals surface area contributed by atoms with E-state index in [9.17, 15) is 0 Å². The van der Waals surface area contributed by atoms with Gasteiger partial charge in [0.25, 0.3) is 0 Å². The smallest absolute Gasteiger partial charge is 0.0256 e. The first kappa shape index (κ1) is 12.5. The van der Waals surface area contributed by atoms with Gasteiger partial charge in [-0.05, 0) is 39.0 Å². The average Bonchev–Trinajstić information content (AvgIpc) is 2.14. The molecule has 0 aliphatic heterocycles. The van der Waals surface area contributed by atoms with Crippen molar-refractivity contribution in [1.29, 1.82) is 0 Å². The maximum Gasteiger partial charge on any atom is -0.0256 e. The molecule has 0 bridgehead atoms. The Bertz CT molecular complexity index is 232. The lowest BCUT2D eigenvalue weighted by atomic mass is 9.97. The first-order chi connectivity index (χ1) is 7.18. The number of rotatable bonds is 0. The minimum absolute atomic E-state index is 0.758. The molecule has 0 saturated heterocycles. The van der Waals surface area contributed by atoms with E-state index in [1.165, 1.54) is 50.5 Å². The van der Waals surface area contributed by atoms with Crippen molar-refractivity contribution in [2.75, 3.05) is 0 Å². The molecule has 0 spiro atoms. The predicted octanol–water partition coefficient (Wildman–Crippen LogP) is 5.26. The largest absolute Gasteiger partial charge is 0.0788 e. The molecule has 1 unspecified atom stereocenters.